The molecule has 66 valence electrons. The highest BCUT2D eigenvalue weighted by Gasteiger charge is 2.44. The first-order chi connectivity index (χ1) is 4.88. The fourth-order valence-electron chi connectivity index (χ4n) is 1.80. The van der Waals surface area contributed by atoms with Gasteiger partial charge in [0.05, 0.1) is 0 Å². The molecule has 0 aliphatic heterocycles. The van der Waals surface area contributed by atoms with Gasteiger partial charge in [0.25, 0.3) is 0 Å². The van der Waals surface area contributed by atoms with Crippen molar-refractivity contribution in [3.63, 3.8) is 0 Å². The van der Waals surface area contributed by atoms with E-state index in [0.717, 1.165) is 12.8 Å². The molecule has 0 heterocycles. The molecule has 0 radical (unpaired) electrons. The third-order valence-corrected chi connectivity index (χ3v) is 3.61. The number of hydrogen-bond donors (Lipinski definition) is 2. The van der Waals surface area contributed by atoms with Gasteiger partial charge >= 0.3 is 0 Å². The maximum atomic E-state index is 6.17. The van der Waals surface area contributed by atoms with Crippen molar-refractivity contribution < 1.29 is 0 Å². The highest BCUT2D eigenvalue weighted by Crippen LogP contribution is 2.40. The van der Waals surface area contributed by atoms with Crippen LogP contribution in [0.3, 0.4) is 0 Å². The minimum atomic E-state index is -0.0787. The molecule has 0 aromatic heterocycles. The molecule has 11 heavy (non-hydrogen) atoms. The van der Waals surface area contributed by atoms with E-state index in [1.165, 1.54) is 6.42 Å². The quantitative estimate of drug-likeness (QED) is 0.554. The second-order valence-corrected chi connectivity index (χ2v) is 4.64. The molecule has 1 saturated carbocycles. The second kappa shape index (κ2) is 2.46. The summed E-state index contributed by atoms with van der Waals surface area (Å²) in [6.07, 6.45) is 3.41. The molecule has 0 aromatic carbocycles. The van der Waals surface area contributed by atoms with E-state index in [1.54, 1.807) is 0 Å². The van der Waals surface area contributed by atoms with Gasteiger partial charge in [-0.2, -0.15) is 0 Å². The highest BCUT2D eigenvalue weighted by atomic mass is 14.8. The third kappa shape index (κ3) is 1.30. The second-order valence-electron chi connectivity index (χ2n) is 4.64. The Kier molecular flexibility index (Phi) is 2.01. The lowest BCUT2D eigenvalue weighted by Crippen LogP contribution is -2.60. The average Bonchev–Trinajstić information content (AvgIpc) is 1.84. The first kappa shape index (κ1) is 9.01. The molecule has 1 fully saturated rings. The minimum Gasteiger partial charge on any atom is -0.327 e. The topological polar surface area (TPSA) is 52.0 Å². The molecule has 0 bridgehead atoms. The molecule has 1 aliphatic carbocycles. The van der Waals surface area contributed by atoms with Crippen LogP contribution in [0.1, 0.15) is 40.0 Å². The zero-order valence-electron chi connectivity index (χ0n) is 7.85. The lowest BCUT2D eigenvalue weighted by atomic mass is 9.62. The number of rotatable bonds is 0. The molecule has 1 aliphatic rings. The molecule has 2 atom stereocenters. The standard InChI is InChI=1S/C9H20N2/c1-8(2)7(10)5-4-6-9(8,3)11/h7H,4-6,10-11H2,1-3H3. The van der Waals surface area contributed by atoms with Gasteiger partial charge in [-0.3, -0.25) is 0 Å². The Labute approximate surface area is 69.3 Å². The summed E-state index contributed by atoms with van der Waals surface area (Å²) in [4.78, 5) is 0. The summed E-state index contributed by atoms with van der Waals surface area (Å²) in [5.41, 5.74) is 12.2. The van der Waals surface area contributed by atoms with Gasteiger partial charge in [0, 0.05) is 11.6 Å². The van der Waals surface area contributed by atoms with Gasteiger partial charge < -0.3 is 11.5 Å². The van der Waals surface area contributed by atoms with E-state index in [2.05, 4.69) is 20.8 Å². The van der Waals surface area contributed by atoms with Crippen LogP contribution < -0.4 is 11.5 Å². The predicted molar refractivity (Wildman–Crippen MR) is 48.2 cm³/mol. The van der Waals surface area contributed by atoms with Crippen LogP contribution in [0.4, 0.5) is 0 Å². The molecule has 0 saturated heterocycles. The molecule has 0 aromatic rings. The maximum Gasteiger partial charge on any atom is 0.0192 e. The van der Waals surface area contributed by atoms with Crippen molar-refractivity contribution in [2.45, 2.75) is 51.6 Å². The zero-order valence-corrected chi connectivity index (χ0v) is 7.85. The van der Waals surface area contributed by atoms with E-state index in [9.17, 15) is 0 Å². The van der Waals surface area contributed by atoms with E-state index in [0.29, 0.717) is 0 Å². The van der Waals surface area contributed by atoms with Crippen molar-refractivity contribution in [3.05, 3.63) is 0 Å². The summed E-state index contributed by atoms with van der Waals surface area (Å²) in [5, 5.41) is 0. The van der Waals surface area contributed by atoms with Crippen LogP contribution in [0, 0.1) is 5.41 Å². The summed E-state index contributed by atoms with van der Waals surface area (Å²) in [6.45, 7) is 6.47. The highest BCUT2D eigenvalue weighted by molar-refractivity contribution is 5.03. The summed E-state index contributed by atoms with van der Waals surface area (Å²) in [7, 11) is 0. The van der Waals surface area contributed by atoms with Crippen molar-refractivity contribution in [2.24, 2.45) is 16.9 Å². The van der Waals surface area contributed by atoms with Crippen molar-refractivity contribution in [3.8, 4) is 0 Å². The Morgan fingerprint density at radius 2 is 1.82 bits per heavy atom. The first-order valence-electron chi connectivity index (χ1n) is 4.42. The SMILES string of the molecule is CC1(N)CCCC(N)C1(C)C. The normalized spacial score (nSPS) is 43.9. The molecule has 0 spiro atoms. The van der Waals surface area contributed by atoms with Gasteiger partial charge in [-0.05, 0) is 25.2 Å². The lowest BCUT2D eigenvalue weighted by Gasteiger charge is -2.49. The van der Waals surface area contributed by atoms with Crippen LogP contribution in [0.25, 0.3) is 0 Å². The lowest BCUT2D eigenvalue weighted by molar-refractivity contribution is 0.0894. The zero-order chi connectivity index (χ0) is 8.70. The Balaban J connectivity index is 2.82. The summed E-state index contributed by atoms with van der Waals surface area (Å²) in [5.74, 6) is 0. The van der Waals surface area contributed by atoms with Crippen LogP contribution in [0.15, 0.2) is 0 Å². The fourth-order valence-corrected chi connectivity index (χ4v) is 1.80. The van der Waals surface area contributed by atoms with Crippen LogP contribution in [0.5, 0.6) is 0 Å². The van der Waals surface area contributed by atoms with Gasteiger partial charge in [-0.1, -0.05) is 20.3 Å². The van der Waals surface area contributed by atoms with Gasteiger partial charge in [-0.15, -0.1) is 0 Å². The summed E-state index contributed by atoms with van der Waals surface area (Å²) < 4.78 is 0. The van der Waals surface area contributed by atoms with E-state index >= 15 is 0 Å². The number of hydrogen-bond acceptors (Lipinski definition) is 2. The maximum absolute atomic E-state index is 6.17. The Hall–Kier alpha value is -0.0800. The summed E-state index contributed by atoms with van der Waals surface area (Å²) >= 11 is 0. The van der Waals surface area contributed by atoms with E-state index in [4.69, 9.17) is 11.5 Å². The van der Waals surface area contributed by atoms with Crippen LogP contribution in [0.2, 0.25) is 0 Å². The van der Waals surface area contributed by atoms with Gasteiger partial charge in [0.2, 0.25) is 0 Å². The van der Waals surface area contributed by atoms with Crippen LogP contribution in [-0.4, -0.2) is 11.6 Å². The smallest absolute Gasteiger partial charge is 0.0192 e. The van der Waals surface area contributed by atoms with Crippen molar-refractivity contribution in [1.82, 2.24) is 0 Å². The van der Waals surface area contributed by atoms with Crippen LogP contribution >= 0.6 is 0 Å². The largest absolute Gasteiger partial charge is 0.327 e. The van der Waals surface area contributed by atoms with E-state index < -0.39 is 0 Å². The minimum absolute atomic E-state index is 0.0787. The summed E-state index contributed by atoms with van der Waals surface area (Å²) in [6, 6.07) is 0.270. The molecule has 1 rings (SSSR count). The van der Waals surface area contributed by atoms with Gasteiger partial charge in [-0.25, -0.2) is 0 Å². The first-order valence-corrected chi connectivity index (χ1v) is 4.42. The molecular formula is C9H20N2. The Bertz CT molecular complexity index is 150. The molecule has 2 heteroatoms. The molecule has 0 amide bonds. The Morgan fingerprint density at radius 3 is 2.18 bits per heavy atom. The monoisotopic (exact) mass is 156 g/mol. The Morgan fingerprint density at radius 1 is 1.27 bits per heavy atom. The number of nitrogens with two attached hydrogens (primary N) is 2. The van der Waals surface area contributed by atoms with E-state index in [-0.39, 0.29) is 17.0 Å². The molecule has 2 unspecified atom stereocenters. The van der Waals surface area contributed by atoms with Crippen molar-refractivity contribution >= 4 is 0 Å². The molecule has 2 nitrogen and oxygen atoms in total. The van der Waals surface area contributed by atoms with E-state index in [1.807, 2.05) is 0 Å². The van der Waals surface area contributed by atoms with Crippen LogP contribution in [-0.2, 0) is 0 Å². The molecular weight excluding hydrogens is 136 g/mol. The fraction of sp³-hybridized carbons (Fsp3) is 1.00. The predicted octanol–water partition coefficient (Wildman–Crippen LogP) is 1.24. The third-order valence-electron chi connectivity index (χ3n) is 3.61. The molecule has 4 N–H and O–H groups in total. The van der Waals surface area contributed by atoms with Gasteiger partial charge in [0.1, 0.15) is 0 Å². The van der Waals surface area contributed by atoms with Gasteiger partial charge in [0.15, 0.2) is 0 Å². The average molecular weight is 156 g/mol. The van der Waals surface area contributed by atoms with Crippen molar-refractivity contribution in [2.75, 3.05) is 0 Å². The van der Waals surface area contributed by atoms with Crippen molar-refractivity contribution in [1.29, 1.82) is 0 Å².